The second-order valence-corrected chi connectivity index (χ2v) is 2.04. The van der Waals surface area contributed by atoms with Gasteiger partial charge in [-0.3, -0.25) is 0 Å². The van der Waals surface area contributed by atoms with Gasteiger partial charge in [-0.25, -0.2) is 4.39 Å². The maximum absolute atomic E-state index is 12.1. The third-order valence-corrected chi connectivity index (χ3v) is 1.14. The summed E-state index contributed by atoms with van der Waals surface area (Å²) in [5.41, 5.74) is 0. The molecule has 1 N–H and O–H groups in total. The van der Waals surface area contributed by atoms with Crippen molar-refractivity contribution < 1.29 is 9.50 Å². The second kappa shape index (κ2) is 1.78. The summed E-state index contributed by atoms with van der Waals surface area (Å²) in [5.74, 6) is -0.884. The molecule has 44 valence electrons. The van der Waals surface area contributed by atoms with E-state index in [0.29, 0.717) is 5.03 Å². The fourth-order valence-electron chi connectivity index (χ4n) is 0.517. The number of aliphatic hydroxyl groups is 1. The zero-order valence-electron chi connectivity index (χ0n) is 3.99. The van der Waals surface area contributed by atoms with Crippen LogP contribution in [0.5, 0.6) is 0 Å². The Bertz CT molecular complexity index is 171. The largest absolute Gasteiger partial charge is 0.505 e. The van der Waals surface area contributed by atoms with Crippen LogP contribution in [0.4, 0.5) is 4.39 Å². The number of allylic oxidation sites excluding steroid dienone is 3. The predicted molar refractivity (Wildman–Crippen MR) is 29.3 cm³/mol. The van der Waals surface area contributed by atoms with Gasteiger partial charge < -0.3 is 5.11 Å². The fraction of sp³-hybridized carbons (Fsp3) is 0.200. The lowest BCUT2D eigenvalue weighted by atomic mass is 10.4. The predicted octanol–water partition coefficient (Wildman–Crippen LogP) is 2.25. The molecule has 0 radical (unpaired) electrons. The summed E-state index contributed by atoms with van der Waals surface area (Å²) in [4.78, 5) is 0. The van der Waals surface area contributed by atoms with Crippen molar-refractivity contribution in [2.45, 2.75) is 6.42 Å². The molecular weight excluding hydrogens is 131 g/mol. The lowest BCUT2D eigenvalue weighted by Crippen LogP contribution is -1.70. The molecule has 0 aromatic carbocycles. The molecule has 1 aliphatic rings. The molecule has 0 fully saturated rings. The molecule has 3 heteroatoms. The molecule has 0 aliphatic heterocycles. The molecule has 0 atom stereocenters. The summed E-state index contributed by atoms with van der Waals surface area (Å²) in [6.45, 7) is 0. The molecule has 0 aromatic heterocycles. The van der Waals surface area contributed by atoms with Gasteiger partial charge >= 0.3 is 0 Å². The molecule has 0 spiro atoms. The van der Waals surface area contributed by atoms with E-state index in [1.54, 1.807) is 0 Å². The lowest BCUT2D eigenvalue weighted by molar-refractivity contribution is 0.403. The van der Waals surface area contributed by atoms with Crippen LogP contribution < -0.4 is 0 Å². The van der Waals surface area contributed by atoms with E-state index in [2.05, 4.69) is 0 Å². The number of aliphatic hydroxyl groups excluding tert-OH is 1. The monoisotopic (exact) mass is 134 g/mol. The average Bonchev–Trinajstić information content (AvgIpc) is 1.85. The van der Waals surface area contributed by atoms with Crippen molar-refractivity contribution in [3.05, 3.63) is 22.7 Å². The highest BCUT2D eigenvalue weighted by Crippen LogP contribution is 2.26. The Morgan fingerprint density at radius 2 is 2.38 bits per heavy atom. The number of hydrogen-bond donors (Lipinski definition) is 1. The Balaban J connectivity index is 2.79. The zero-order chi connectivity index (χ0) is 6.15. The SMILES string of the molecule is OC1=C(F)CC(Cl)=C1. The topological polar surface area (TPSA) is 20.2 Å². The molecule has 0 amide bonds. The van der Waals surface area contributed by atoms with E-state index >= 15 is 0 Å². The van der Waals surface area contributed by atoms with Crippen molar-refractivity contribution in [1.29, 1.82) is 0 Å². The van der Waals surface area contributed by atoms with Gasteiger partial charge in [0.25, 0.3) is 0 Å². The molecule has 1 aliphatic carbocycles. The molecule has 0 unspecified atom stereocenters. The van der Waals surface area contributed by atoms with Gasteiger partial charge in [0.1, 0.15) is 11.6 Å². The van der Waals surface area contributed by atoms with E-state index in [1.165, 1.54) is 6.08 Å². The van der Waals surface area contributed by atoms with Crippen molar-refractivity contribution in [1.82, 2.24) is 0 Å². The molecule has 0 aromatic rings. The maximum Gasteiger partial charge on any atom is 0.148 e. The highest BCUT2D eigenvalue weighted by Gasteiger charge is 2.12. The van der Waals surface area contributed by atoms with E-state index in [4.69, 9.17) is 16.7 Å². The number of halogens is 2. The van der Waals surface area contributed by atoms with Gasteiger partial charge in [-0.2, -0.15) is 0 Å². The van der Waals surface area contributed by atoms with Crippen LogP contribution in [0, 0.1) is 0 Å². The van der Waals surface area contributed by atoms with Crippen molar-refractivity contribution in [3.63, 3.8) is 0 Å². The summed E-state index contributed by atoms with van der Waals surface area (Å²) in [6, 6.07) is 0. The van der Waals surface area contributed by atoms with E-state index in [1.807, 2.05) is 0 Å². The molecular formula is C5H4ClFO. The van der Waals surface area contributed by atoms with Crippen LogP contribution >= 0.6 is 11.6 Å². The maximum atomic E-state index is 12.1. The number of rotatable bonds is 0. The minimum atomic E-state index is -0.546. The minimum Gasteiger partial charge on any atom is -0.505 e. The van der Waals surface area contributed by atoms with Crippen molar-refractivity contribution in [3.8, 4) is 0 Å². The molecule has 8 heavy (non-hydrogen) atoms. The molecule has 0 bridgehead atoms. The summed E-state index contributed by atoms with van der Waals surface area (Å²) >= 11 is 5.32. The Labute approximate surface area is 51.1 Å². The quantitative estimate of drug-likeness (QED) is 0.539. The zero-order valence-corrected chi connectivity index (χ0v) is 4.74. The minimum absolute atomic E-state index is 0.0490. The summed E-state index contributed by atoms with van der Waals surface area (Å²) in [7, 11) is 0. The van der Waals surface area contributed by atoms with Crippen LogP contribution in [-0.4, -0.2) is 5.11 Å². The number of hydrogen-bond acceptors (Lipinski definition) is 1. The third-order valence-electron chi connectivity index (χ3n) is 0.895. The smallest absolute Gasteiger partial charge is 0.148 e. The highest BCUT2D eigenvalue weighted by atomic mass is 35.5. The summed E-state index contributed by atoms with van der Waals surface area (Å²) in [6.07, 6.45) is 1.25. The van der Waals surface area contributed by atoms with E-state index < -0.39 is 5.83 Å². The van der Waals surface area contributed by atoms with Gasteiger partial charge in [-0.15, -0.1) is 0 Å². The van der Waals surface area contributed by atoms with Crippen LogP contribution in [0.15, 0.2) is 22.7 Å². The lowest BCUT2D eigenvalue weighted by Gasteiger charge is -1.82. The Morgan fingerprint density at radius 3 is 2.50 bits per heavy atom. The molecule has 0 saturated carbocycles. The molecule has 1 rings (SSSR count). The van der Waals surface area contributed by atoms with Crippen LogP contribution in [0.3, 0.4) is 0 Å². The van der Waals surface area contributed by atoms with Gasteiger partial charge in [0.2, 0.25) is 0 Å². The average molecular weight is 135 g/mol. The first-order chi connectivity index (χ1) is 3.70. The van der Waals surface area contributed by atoms with E-state index in [0.717, 1.165) is 0 Å². The summed E-state index contributed by atoms with van der Waals surface area (Å²) < 4.78 is 12.1. The van der Waals surface area contributed by atoms with Crippen molar-refractivity contribution >= 4 is 11.6 Å². The Kier molecular flexibility index (Phi) is 1.26. The van der Waals surface area contributed by atoms with Crippen LogP contribution in [0.2, 0.25) is 0 Å². The highest BCUT2D eigenvalue weighted by molar-refractivity contribution is 6.30. The summed E-state index contributed by atoms with van der Waals surface area (Å²) in [5, 5.41) is 8.86. The van der Waals surface area contributed by atoms with E-state index in [9.17, 15) is 4.39 Å². The molecule has 0 heterocycles. The fourth-order valence-corrected chi connectivity index (χ4v) is 0.737. The van der Waals surface area contributed by atoms with Gasteiger partial charge in [0.15, 0.2) is 0 Å². The molecule has 0 saturated heterocycles. The van der Waals surface area contributed by atoms with Crippen molar-refractivity contribution in [2.24, 2.45) is 0 Å². The van der Waals surface area contributed by atoms with Gasteiger partial charge in [0, 0.05) is 11.5 Å². The van der Waals surface area contributed by atoms with Crippen molar-refractivity contribution in [2.75, 3.05) is 0 Å². The first-order valence-electron chi connectivity index (χ1n) is 2.14. The standard InChI is InChI=1S/C5H4ClFO/c6-3-1-4(7)5(8)2-3/h2,8H,1H2. The molecule has 1 nitrogen and oxygen atoms in total. The first kappa shape index (κ1) is 5.63. The van der Waals surface area contributed by atoms with Crippen LogP contribution in [-0.2, 0) is 0 Å². The van der Waals surface area contributed by atoms with Crippen LogP contribution in [0.1, 0.15) is 6.42 Å². The third kappa shape index (κ3) is 0.842. The Hall–Kier alpha value is -0.500. The van der Waals surface area contributed by atoms with Gasteiger partial charge in [-0.1, -0.05) is 11.6 Å². The van der Waals surface area contributed by atoms with Gasteiger partial charge in [0.05, 0.1) is 0 Å². The van der Waals surface area contributed by atoms with E-state index in [-0.39, 0.29) is 12.2 Å². The first-order valence-corrected chi connectivity index (χ1v) is 2.51. The second-order valence-electron chi connectivity index (χ2n) is 1.56. The Morgan fingerprint density at radius 1 is 1.75 bits per heavy atom. The van der Waals surface area contributed by atoms with Crippen LogP contribution in [0.25, 0.3) is 0 Å². The normalized spacial score (nSPS) is 19.5. The van der Waals surface area contributed by atoms with Gasteiger partial charge in [-0.05, 0) is 6.08 Å².